The molecule has 0 spiro atoms. The molecule has 0 aromatic heterocycles. The van der Waals surface area contributed by atoms with Crippen LogP contribution in [0.5, 0.6) is 0 Å². The molecule has 0 saturated heterocycles. The van der Waals surface area contributed by atoms with Crippen LogP contribution in [0.15, 0.2) is 24.3 Å². The van der Waals surface area contributed by atoms with Crippen LogP contribution in [0, 0.1) is 11.3 Å². The number of benzene rings is 1. The third-order valence-electron chi connectivity index (χ3n) is 3.69. The molecule has 1 aliphatic carbocycles. The van der Waals surface area contributed by atoms with Gasteiger partial charge in [0.2, 0.25) is 0 Å². The maximum Gasteiger partial charge on any atom is 0.338 e. The predicted molar refractivity (Wildman–Crippen MR) is 81.3 cm³/mol. The maximum atomic E-state index is 11.9. The normalized spacial score (nSPS) is 16.4. The molecule has 0 radical (unpaired) electrons. The first-order valence-corrected chi connectivity index (χ1v) is 7.57. The molecule has 1 aromatic carbocycles. The van der Waals surface area contributed by atoms with E-state index >= 15 is 0 Å². The van der Waals surface area contributed by atoms with Crippen molar-refractivity contribution in [2.75, 3.05) is 6.61 Å². The molecule has 1 saturated carbocycles. The molecule has 5 nitrogen and oxygen atoms in total. The molecule has 6 heteroatoms. The Morgan fingerprint density at radius 3 is 2.68 bits per heavy atom. The Balaban J connectivity index is 1.87. The van der Waals surface area contributed by atoms with Gasteiger partial charge >= 0.3 is 5.97 Å². The quantitative estimate of drug-likeness (QED) is 0.865. The van der Waals surface area contributed by atoms with Gasteiger partial charge in [0.25, 0.3) is 5.91 Å². The van der Waals surface area contributed by atoms with Crippen molar-refractivity contribution >= 4 is 23.5 Å². The zero-order valence-corrected chi connectivity index (χ0v) is 12.9. The van der Waals surface area contributed by atoms with Gasteiger partial charge < -0.3 is 10.1 Å². The predicted octanol–water partition coefficient (Wildman–Crippen LogP) is 2.84. The van der Waals surface area contributed by atoms with E-state index in [-0.39, 0.29) is 5.56 Å². The van der Waals surface area contributed by atoms with Crippen molar-refractivity contribution in [1.29, 1.82) is 5.26 Å². The van der Waals surface area contributed by atoms with Gasteiger partial charge in [0, 0.05) is 5.02 Å². The summed E-state index contributed by atoms with van der Waals surface area (Å²) in [6, 6.07) is 8.49. The van der Waals surface area contributed by atoms with E-state index in [1.54, 1.807) is 18.2 Å². The summed E-state index contributed by atoms with van der Waals surface area (Å²) in [6.45, 7) is -0.408. The second-order valence-electron chi connectivity index (χ2n) is 5.39. The first kappa shape index (κ1) is 16.3. The van der Waals surface area contributed by atoms with E-state index in [2.05, 4.69) is 11.4 Å². The lowest BCUT2D eigenvalue weighted by atomic mass is 9.83. The zero-order chi connectivity index (χ0) is 16.0. The minimum absolute atomic E-state index is 0.285. The van der Waals surface area contributed by atoms with E-state index < -0.39 is 24.0 Å². The number of halogens is 1. The molecule has 1 amide bonds. The molecule has 1 aromatic rings. The smallest absolute Gasteiger partial charge is 0.338 e. The molecular weight excluding hydrogens is 304 g/mol. The van der Waals surface area contributed by atoms with Crippen molar-refractivity contribution in [2.24, 2.45) is 0 Å². The van der Waals surface area contributed by atoms with Gasteiger partial charge in [-0.2, -0.15) is 5.26 Å². The molecule has 0 unspecified atom stereocenters. The van der Waals surface area contributed by atoms with Crippen molar-refractivity contribution in [3.05, 3.63) is 34.9 Å². The standard InChI is InChI=1S/C16H17ClN2O3/c17-13-6-4-5-12(9-13)15(21)22-10-14(20)19-16(11-18)7-2-1-3-8-16/h4-6,9H,1-3,7-8,10H2,(H,19,20). The van der Waals surface area contributed by atoms with Gasteiger partial charge in [0.15, 0.2) is 6.61 Å². The monoisotopic (exact) mass is 320 g/mol. The van der Waals surface area contributed by atoms with Crippen molar-refractivity contribution in [3.8, 4) is 6.07 Å². The Kier molecular flexibility index (Phi) is 5.40. The van der Waals surface area contributed by atoms with Gasteiger partial charge in [-0.3, -0.25) is 4.79 Å². The van der Waals surface area contributed by atoms with Crippen LogP contribution >= 0.6 is 11.6 Å². The highest BCUT2D eigenvalue weighted by atomic mass is 35.5. The fraction of sp³-hybridized carbons (Fsp3) is 0.438. The van der Waals surface area contributed by atoms with Gasteiger partial charge in [0.05, 0.1) is 11.6 Å². The topological polar surface area (TPSA) is 79.2 Å². The van der Waals surface area contributed by atoms with Crippen molar-refractivity contribution in [2.45, 2.75) is 37.6 Å². The summed E-state index contributed by atoms with van der Waals surface area (Å²) in [6.07, 6.45) is 4.17. The first-order chi connectivity index (χ1) is 10.5. The summed E-state index contributed by atoms with van der Waals surface area (Å²) in [5.41, 5.74) is -0.536. The van der Waals surface area contributed by atoms with E-state index in [0.717, 1.165) is 19.3 Å². The number of carbonyl (C=O) groups is 2. The van der Waals surface area contributed by atoms with E-state index in [9.17, 15) is 14.9 Å². The lowest BCUT2D eigenvalue weighted by Gasteiger charge is -2.31. The molecule has 0 aliphatic heterocycles. The second kappa shape index (κ2) is 7.28. The lowest BCUT2D eigenvalue weighted by Crippen LogP contribution is -2.50. The van der Waals surface area contributed by atoms with E-state index in [4.69, 9.17) is 16.3 Å². The summed E-state index contributed by atoms with van der Waals surface area (Å²) in [5.74, 6) is -1.08. The summed E-state index contributed by atoms with van der Waals surface area (Å²) >= 11 is 5.79. The van der Waals surface area contributed by atoms with Crippen LogP contribution in [0.1, 0.15) is 42.5 Å². The molecule has 1 aliphatic rings. The fourth-order valence-corrected chi connectivity index (χ4v) is 2.74. The zero-order valence-electron chi connectivity index (χ0n) is 12.1. The largest absolute Gasteiger partial charge is 0.452 e. The number of amides is 1. The SMILES string of the molecule is N#CC1(NC(=O)COC(=O)c2cccc(Cl)c2)CCCCC1. The number of nitriles is 1. The van der Waals surface area contributed by atoms with Crippen LogP contribution < -0.4 is 5.32 Å². The third-order valence-corrected chi connectivity index (χ3v) is 3.93. The Morgan fingerprint density at radius 1 is 1.32 bits per heavy atom. The molecule has 0 bridgehead atoms. The van der Waals surface area contributed by atoms with Crippen molar-refractivity contribution in [1.82, 2.24) is 5.32 Å². The Morgan fingerprint density at radius 2 is 2.05 bits per heavy atom. The Hall–Kier alpha value is -2.06. The highest BCUT2D eigenvalue weighted by Crippen LogP contribution is 2.27. The third kappa shape index (κ3) is 4.22. The minimum Gasteiger partial charge on any atom is -0.452 e. The average molecular weight is 321 g/mol. The molecule has 1 N–H and O–H groups in total. The number of hydrogen-bond acceptors (Lipinski definition) is 4. The van der Waals surface area contributed by atoms with Crippen molar-refractivity contribution in [3.63, 3.8) is 0 Å². The molecular formula is C16H17ClN2O3. The Labute approximate surface area is 134 Å². The van der Waals surface area contributed by atoms with Crippen LogP contribution in [0.2, 0.25) is 5.02 Å². The number of ether oxygens (including phenoxy) is 1. The number of esters is 1. The van der Waals surface area contributed by atoms with E-state index in [1.807, 2.05) is 0 Å². The molecule has 0 atom stereocenters. The summed E-state index contributed by atoms with van der Waals surface area (Å²) in [7, 11) is 0. The van der Waals surface area contributed by atoms with Crippen LogP contribution in [0.25, 0.3) is 0 Å². The number of rotatable bonds is 4. The molecule has 0 heterocycles. The van der Waals surface area contributed by atoms with Crippen LogP contribution in [-0.2, 0) is 9.53 Å². The van der Waals surface area contributed by atoms with E-state index in [0.29, 0.717) is 17.9 Å². The number of nitrogens with zero attached hydrogens (tertiary/aromatic N) is 1. The van der Waals surface area contributed by atoms with Gasteiger partial charge in [-0.05, 0) is 31.0 Å². The maximum absolute atomic E-state index is 11.9. The molecule has 2 rings (SSSR count). The number of hydrogen-bond donors (Lipinski definition) is 1. The fourth-order valence-electron chi connectivity index (χ4n) is 2.55. The number of carbonyl (C=O) groups excluding carboxylic acids is 2. The van der Waals surface area contributed by atoms with Gasteiger partial charge in [-0.25, -0.2) is 4.79 Å². The average Bonchev–Trinajstić information content (AvgIpc) is 2.53. The molecule has 22 heavy (non-hydrogen) atoms. The highest BCUT2D eigenvalue weighted by molar-refractivity contribution is 6.30. The van der Waals surface area contributed by atoms with Crippen molar-refractivity contribution < 1.29 is 14.3 Å². The highest BCUT2D eigenvalue weighted by Gasteiger charge is 2.33. The Bertz CT molecular complexity index is 604. The molecule has 116 valence electrons. The van der Waals surface area contributed by atoms with Crippen LogP contribution in [0.4, 0.5) is 0 Å². The van der Waals surface area contributed by atoms with Gasteiger partial charge in [-0.1, -0.05) is 36.9 Å². The van der Waals surface area contributed by atoms with Crippen LogP contribution in [-0.4, -0.2) is 24.0 Å². The number of nitrogens with one attached hydrogen (secondary N) is 1. The second-order valence-corrected chi connectivity index (χ2v) is 5.83. The van der Waals surface area contributed by atoms with E-state index in [1.165, 1.54) is 6.07 Å². The van der Waals surface area contributed by atoms with Gasteiger partial charge in [0.1, 0.15) is 5.54 Å². The summed E-state index contributed by atoms with van der Waals surface area (Å²) in [5, 5.41) is 12.4. The summed E-state index contributed by atoms with van der Waals surface area (Å²) < 4.78 is 4.96. The van der Waals surface area contributed by atoms with Gasteiger partial charge in [-0.15, -0.1) is 0 Å². The lowest BCUT2D eigenvalue weighted by molar-refractivity contribution is -0.125. The van der Waals surface area contributed by atoms with Crippen LogP contribution in [0.3, 0.4) is 0 Å². The molecule has 1 fully saturated rings. The summed E-state index contributed by atoms with van der Waals surface area (Å²) in [4.78, 5) is 23.7. The minimum atomic E-state index is -0.822. The first-order valence-electron chi connectivity index (χ1n) is 7.20.